The molecule has 38 heavy (non-hydrogen) atoms. The first-order chi connectivity index (χ1) is 18.4. The molecule has 0 amide bonds. The van der Waals surface area contributed by atoms with Crippen LogP contribution >= 0.6 is 0 Å². The molecule has 0 saturated heterocycles. The molecule has 2 heterocycles. The summed E-state index contributed by atoms with van der Waals surface area (Å²) < 4.78 is 13.1. The Hall–Kier alpha value is -4.04. The number of carbonyl (C=O) groups excluding carboxylic acids is 2. The number of hydrogen-bond donors (Lipinski definition) is 0. The van der Waals surface area contributed by atoms with E-state index in [1.54, 1.807) is 33.3 Å². The monoisotopic (exact) mass is 514 g/mol. The van der Waals surface area contributed by atoms with Crippen molar-refractivity contribution in [1.29, 1.82) is 0 Å². The van der Waals surface area contributed by atoms with E-state index in [0.29, 0.717) is 23.5 Å². The zero-order chi connectivity index (χ0) is 27.1. The van der Waals surface area contributed by atoms with Crippen molar-refractivity contribution in [3.63, 3.8) is 0 Å². The number of esters is 2. The van der Waals surface area contributed by atoms with Crippen LogP contribution in [-0.2, 0) is 25.6 Å². The van der Waals surface area contributed by atoms with Crippen molar-refractivity contribution in [2.75, 3.05) is 26.8 Å². The van der Waals surface area contributed by atoms with E-state index >= 15 is 0 Å². The fourth-order valence-electron chi connectivity index (χ4n) is 4.84. The van der Waals surface area contributed by atoms with Gasteiger partial charge >= 0.3 is 11.9 Å². The topological polar surface area (TPSA) is 86.0 Å². The second-order valence-corrected chi connectivity index (χ2v) is 9.38. The molecule has 3 aromatic rings. The van der Waals surface area contributed by atoms with Gasteiger partial charge < -0.3 is 14.0 Å². The number of nitrogens with zero attached hydrogens (tertiary/aromatic N) is 4. The minimum Gasteiger partial charge on any atom is -0.465 e. The Morgan fingerprint density at radius 3 is 2.55 bits per heavy atom. The van der Waals surface area contributed by atoms with Gasteiger partial charge in [-0.15, -0.1) is 0 Å². The van der Waals surface area contributed by atoms with Gasteiger partial charge in [-0.05, 0) is 51.1 Å². The van der Waals surface area contributed by atoms with Crippen LogP contribution < -0.4 is 0 Å². The Labute approximate surface area is 223 Å². The van der Waals surface area contributed by atoms with Crippen molar-refractivity contribution >= 4 is 17.7 Å². The van der Waals surface area contributed by atoms with Gasteiger partial charge in [0, 0.05) is 48.5 Å². The molecule has 8 heteroatoms. The lowest BCUT2D eigenvalue weighted by Gasteiger charge is -2.32. The van der Waals surface area contributed by atoms with Gasteiger partial charge in [-0.3, -0.25) is 14.7 Å². The molecular weight excluding hydrogens is 480 g/mol. The maximum Gasteiger partial charge on any atom is 0.336 e. The molecule has 0 fully saturated rings. The minimum absolute atomic E-state index is 0.216. The van der Waals surface area contributed by atoms with Gasteiger partial charge in [-0.1, -0.05) is 42.5 Å². The van der Waals surface area contributed by atoms with Crippen LogP contribution in [0.3, 0.4) is 0 Å². The average Bonchev–Trinajstić information content (AvgIpc) is 3.44. The first-order valence-corrected chi connectivity index (χ1v) is 12.8. The minimum atomic E-state index is -0.736. The van der Waals surface area contributed by atoms with Gasteiger partial charge in [-0.2, -0.15) is 0 Å². The zero-order valence-corrected chi connectivity index (χ0v) is 22.3. The molecule has 2 unspecified atom stereocenters. The summed E-state index contributed by atoms with van der Waals surface area (Å²) in [4.78, 5) is 37.5. The Morgan fingerprint density at radius 2 is 1.84 bits per heavy atom. The Bertz CT molecular complexity index is 1320. The number of likely N-dealkylation sites (N-methyl/N-ethyl adjacent to an activating group) is 1. The smallest absolute Gasteiger partial charge is 0.336 e. The Balaban J connectivity index is 1.59. The third kappa shape index (κ3) is 6.26. The lowest BCUT2D eigenvalue weighted by Crippen LogP contribution is -2.37. The molecule has 0 radical (unpaired) electrons. The van der Waals surface area contributed by atoms with Crippen molar-refractivity contribution < 1.29 is 19.1 Å². The maximum atomic E-state index is 13.5. The van der Waals surface area contributed by atoms with Crippen molar-refractivity contribution in [2.24, 2.45) is 10.9 Å². The molecule has 1 aliphatic heterocycles. The van der Waals surface area contributed by atoms with Crippen molar-refractivity contribution in [1.82, 2.24) is 14.5 Å². The average molecular weight is 515 g/mol. The van der Waals surface area contributed by atoms with E-state index in [2.05, 4.69) is 27.0 Å². The molecule has 2 aromatic carbocycles. The number of aromatic nitrogens is 2. The standard InChI is InChI=1S/C30H34N4O4/c1-5-37-29(35)26-21(2)32-22(3)27(28(26)24-12-9-13-25(18-24)34-15-14-31-20-34)30(36)38-17-16-33(4)19-23-10-7-6-8-11-23/h6-15,18,20,26,28H,5,16-17,19H2,1-4H3. The van der Waals surface area contributed by atoms with Crippen LogP contribution in [0.2, 0.25) is 0 Å². The summed E-state index contributed by atoms with van der Waals surface area (Å²) in [7, 11) is 1.99. The predicted octanol–water partition coefficient (Wildman–Crippen LogP) is 4.56. The molecule has 8 nitrogen and oxygen atoms in total. The number of allylic oxidation sites excluding steroid dienone is 1. The van der Waals surface area contributed by atoms with Crippen LogP contribution in [0.25, 0.3) is 5.69 Å². The van der Waals surface area contributed by atoms with Crippen LogP contribution in [-0.4, -0.2) is 58.9 Å². The van der Waals surface area contributed by atoms with Gasteiger partial charge in [-0.25, -0.2) is 9.78 Å². The number of ether oxygens (including phenoxy) is 2. The number of hydrogen-bond acceptors (Lipinski definition) is 7. The molecule has 1 aromatic heterocycles. The zero-order valence-electron chi connectivity index (χ0n) is 22.3. The summed E-state index contributed by atoms with van der Waals surface area (Å²) in [6.45, 7) is 7.13. The van der Waals surface area contributed by atoms with Gasteiger partial charge in [0.05, 0.1) is 18.5 Å². The van der Waals surface area contributed by atoms with Crippen LogP contribution in [0, 0.1) is 5.92 Å². The lowest BCUT2D eigenvalue weighted by molar-refractivity contribution is -0.146. The molecule has 198 valence electrons. The van der Waals surface area contributed by atoms with Crippen molar-refractivity contribution in [3.05, 3.63) is 95.7 Å². The van der Waals surface area contributed by atoms with E-state index in [9.17, 15) is 9.59 Å². The molecular formula is C30H34N4O4. The van der Waals surface area contributed by atoms with Gasteiger partial charge in [0.1, 0.15) is 12.5 Å². The first kappa shape index (κ1) is 27.0. The second-order valence-electron chi connectivity index (χ2n) is 9.38. The van der Waals surface area contributed by atoms with E-state index in [1.807, 2.05) is 60.3 Å². The summed E-state index contributed by atoms with van der Waals surface area (Å²) in [5.41, 5.74) is 4.39. The maximum absolute atomic E-state index is 13.5. The highest BCUT2D eigenvalue weighted by Crippen LogP contribution is 2.40. The third-order valence-corrected chi connectivity index (χ3v) is 6.62. The van der Waals surface area contributed by atoms with Gasteiger partial charge in [0.2, 0.25) is 0 Å². The van der Waals surface area contributed by atoms with E-state index in [-0.39, 0.29) is 13.2 Å². The summed E-state index contributed by atoms with van der Waals surface area (Å²) in [6, 6.07) is 17.9. The molecule has 0 spiro atoms. The third-order valence-electron chi connectivity index (χ3n) is 6.62. The highest BCUT2D eigenvalue weighted by atomic mass is 16.5. The molecule has 0 aliphatic carbocycles. The number of aliphatic imine (C=N–C) groups is 1. The van der Waals surface area contributed by atoms with Crippen LogP contribution in [0.4, 0.5) is 0 Å². The fourth-order valence-corrected chi connectivity index (χ4v) is 4.84. The normalized spacial score (nSPS) is 17.3. The quantitative estimate of drug-likeness (QED) is 0.369. The summed E-state index contributed by atoms with van der Waals surface area (Å²) in [5.74, 6) is -2.21. The van der Waals surface area contributed by atoms with E-state index in [1.165, 1.54) is 5.56 Å². The highest BCUT2D eigenvalue weighted by Gasteiger charge is 2.42. The van der Waals surface area contributed by atoms with Crippen LogP contribution in [0.5, 0.6) is 0 Å². The summed E-state index contributed by atoms with van der Waals surface area (Å²) in [5, 5.41) is 0. The number of carbonyl (C=O) groups is 2. The lowest BCUT2D eigenvalue weighted by atomic mass is 9.75. The van der Waals surface area contributed by atoms with Gasteiger partial charge in [0.15, 0.2) is 0 Å². The largest absolute Gasteiger partial charge is 0.465 e. The van der Waals surface area contributed by atoms with E-state index in [4.69, 9.17) is 9.47 Å². The van der Waals surface area contributed by atoms with Gasteiger partial charge in [0.25, 0.3) is 0 Å². The van der Waals surface area contributed by atoms with Crippen molar-refractivity contribution in [2.45, 2.75) is 33.2 Å². The van der Waals surface area contributed by atoms with E-state index < -0.39 is 23.8 Å². The van der Waals surface area contributed by atoms with Crippen LogP contribution in [0.1, 0.15) is 37.8 Å². The number of benzene rings is 2. The van der Waals surface area contributed by atoms with E-state index in [0.717, 1.165) is 17.8 Å². The summed E-state index contributed by atoms with van der Waals surface area (Å²) in [6.07, 6.45) is 5.25. The van der Waals surface area contributed by atoms with Crippen molar-refractivity contribution in [3.8, 4) is 5.69 Å². The van der Waals surface area contributed by atoms with Crippen LogP contribution in [0.15, 0.2) is 89.6 Å². The molecule has 0 N–H and O–H groups in total. The number of rotatable bonds is 10. The molecule has 0 saturated carbocycles. The highest BCUT2D eigenvalue weighted by molar-refractivity contribution is 6.07. The molecule has 0 bridgehead atoms. The molecule has 4 rings (SSSR count). The molecule has 1 aliphatic rings. The Kier molecular flexibility index (Phi) is 8.86. The SMILES string of the molecule is CCOC(=O)C1C(C)=NC(C)=C(C(=O)OCCN(C)Cc2ccccc2)C1c1cccc(-n2ccnc2)c1. The fraction of sp³-hybridized carbons (Fsp3) is 0.333. The second kappa shape index (κ2) is 12.5. The predicted molar refractivity (Wildman–Crippen MR) is 146 cm³/mol. The molecule has 2 atom stereocenters. The summed E-state index contributed by atoms with van der Waals surface area (Å²) >= 11 is 0. The first-order valence-electron chi connectivity index (χ1n) is 12.8. The number of imidazole rings is 1. The Morgan fingerprint density at radius 1 is 1.05 bits per heavy atom.